The van der Waals surface area contributed by atoms with E-state index < -0.39 is 35.4 Å². The van der Waals surface area contributed by atoms with Crippen molar-refractivity contribution in [2.45, 2.75) is 78.4 Å². The highest BCUT2D eigenvalue weighted by molar-refractivity contribution is 5.96. The van der Waals surface area contributed by atoms with Gasteiger partial charge < -0.3 is 20.1 Å². The molecule has 2 amide bonds. The number of ether oxygens (including phenoxy) is 1. The topological polar surface area (TPSA) is 95.9 Å². The number of allylic oxidation sites excluding steroid dienone is 1. The van der Waals surface area contributed by atoms with Gasteiger partial charge in [-0.25, -0.2) is 0 Å². The Morgan fingerprint density at radius 3 is 2.40 bits per heavy atom. The summed E-state index contributed by atoms with van der Waals surface area (Å²) in [5.74, 6) is -2.66. The number of hydrogen-bond acceptors (Lipinski definition) is 5. The predicted molar refractivity (Wildman–Crippen MR) is 114 cm³/mol. The Morgan fingerprint density at radius 1 is 1.23 bits per heavy atom. The lowest BCUT2D eigenvalue weighted by atomic mass is 9.68. The molecule has 1 aliphatic heterocycles. The number of aliphatic hydroxyl groups is 1. The average Bonchev–Trinajstić information content (AvgIpc) is 2.95. The second-order valence-electron chi connectivity index (χ2n) is 9.39. The summed E-state index contributed by atoms with van der Waals surface area (Å²) in [4.78, 5) is 41.4. The van der Waals surface area contributed by atoms with Crippen LogP contribution in [0.2, 0.25) is 0 Å². The lowest BCUT2D eigenvalue weighted by molar-refractivity contribution is -0.156. The zero-order valence-electron chi connectivity index (χ0n) is 19.2. The van der Waals surface area contributed by atoms with Crippen LogP contribution in [-0.4, -0.2) is 58.6 Å². The van der Waals surface area contributed by atoms with Gasteiger partial charge in [0.15, 0.2) is 0 Å². The third-order valence-corrected chi connectivity index (χ3v) is 6.07. The number of carbonyl (C=O) groups is 3. The van der Waals surface area contributed by atoms with Gasteiger partial charge in [-0.2, -0.15) is 0 Å². The maximum Gasteiger partial charge on any atom is 0.310 e. The van der Waals surface area contributed by atoms with Gasteiger partial charge in [-0.1, -0.05) is 32.4 Å². The first-order valence-corrected chi connectivity index (χ1v) is 11.2. The summed E-state index contributed by atoms with van der Waals surface area (Å²) in [6.07, 6.45) is 6.10. The molecule has 0 spiro atoms. The molecule has 2 N–H and O–H groups in total. The molecule has 7 heteroatoms. The maximum absolute atomic E-state index is 13.6. The van der Waals surface area contributed by atoms with Gasteiger partial charge in [0.1, 0.15) is 6.04 Å². The Morgan fingerprint density at radius 2 is 1.90 bits per heavy atom. The summed E-state index contributed by atoms with van der Waals surface area (Å²) in [6, 6.07) is -1.23. The molecule has 1 heterocycles. The Kier molecular flexibility index (Phi) is 8.08. The van der Waals surface area contributed by atoms with Crippen molar-refractivity contribution in [2.75, 3.05) is 13.2 Å². The number of aliphatic hydroxyl groups excluding tert-OH is 1. The van der Waals surface area contributed by atoms with Crippen LogP contribution in [-0.2, 0) is 19.1 Å². The number of amides is 2. The second-order valence-corrected chi connectivity index (χ2v) is 9.39. The second kappa shape index (κ2) is 9.94. The van der Waals surface area contributed by atoms with Crippen molar-refractivity contribution >= 4 is 17.8 Å². The van der Waals surface area contributed by atoms with Crippen LogP contribution < -0.4 is 5.32 Å². The maximum atomic E-state index is 13.6. The van der Waals surface area contributed by atoms with E-state index >= 15 is 0 Å². The van der Waals surface area contributed by atoms with E-state index in [0.29, 0.717) is 6.42 Å². The molecule has 0 aromatic carbocycles. The zero-order chi connectivity index (χ0) is 22.6. The Labute approximate surface area is 180 Å². The van der Waals surface area contributed by atoms with Crippen molar-refractivity contribution < 1.29 is 24.2 Å². The van der Waals surface area contributed by atoms with E-state index in [1.54, 1.807) is 6.92 Å². The lowest BCUT2D eigenvalue weighted by Crippen LogP contribution is -2.55. The SMILES string of the molecule is CCC[C@@H]1C=C[C@H]2[C@H](C(=O)N([C@@H](CC)CO)[C@@H]2C(=O)NC(C)(C)C)[C@@H]1C(=O)OCC. The van der Waals surface area contributed by atoms with Crippen LogP contribution in [0.5, 0.6) is 0 Å². The molecule has 0 aromatic rings. The van der Waals surface area contributed by atoms with Gasteiger partial charge in [0, 0.05) is 11.5 Å². The number of nitrogens with zero attached hydrogens (tertiary/aromatic N) is 1. The number of esters is 1. The average molecular weight is 423 g/mol. The van der Waals surface area contributed by atoms with Crippen LogP contribution >= 0.6 is 0 Å². The summed E-state index contributed by atoms with van der Waals surface area (Å²) in [5.41, 5.74) is -0.464. The highest BCUT2D eigenvalue weighted by Gasteiger charge is 2.58. The lowest BCUT2D eigenvalue weighted by Gasteiger charge is -2.35. The standard InChI is InChI=1S/C23H38N2O5/c1-7-10-14-11-12-16-18(17(14)22(29)30-9-3)21(28)25(15(8-2)13-26)19(16)20(27)24-23(4,5)6/h11-12,14-19,26H,7-10,13H2,1-6H3,(H,24,27)/t14-,15+,16+,17-,18+,19+/m1/s1. The monoisotopic (exact) mass is 422 g/mol. The van der Waals surface area contributed by atoms with Crippen LogP contribution in [0, 0.1) is 23.7 Å². The van der Waals surface area contributed by atoms with E-state index in [1.165, 1.54) is 4.90 Å². The van der Waals surface area contributed by atoms with Gasteiger partial charge in [0.05, 0.1) is 31.1 Å². The van der Waals surface area contributed by atoms with Crippen LogP contribution in [0.25, 0.3) is 0 Å². The van der Waals surface area contributed by atoms with Crippen molar-refractivity contribution in [3.8, 4) is 0 Å². The smallest absolute Gasteiger partial charge is 0.310 e. The van der Waals surface area contributed by atoms with Gasteiger partial charge >= 0.3 is 5.97 Å². The first-order chi connectivity index (χ1) is 14.1. The molecule has 7 nitrogen and oxygen atoms in total. The van der Waals surface area contributed by atoms with Crippen molar-refractivity contribution in [3.63, 3.8) is 0 Å². The van der Waals surface area contributed by atoms with E-state index in [2.05, 4.69) is 5.32 Å². The third-order valence-electron chi connectivity index (χ3n) is 6.07. The van der Waals surface area contributed by atoms with Gasteiger partial charge in [0.2, 0.25) is 11.8 Å². The molecule has 1 aliphatic carbocycles. The number of hydrogen-bond donors (Lipinski definition) is 2. The summed E-state index contributed by atoms with van der Waals surface area (Å²) in [5, 5.41) is 12.9. The van der Waals surface area contributed by atoms with Crippen molar-refractivity contribution in [1.29, 1.82) is 0 Å². The minimum Gasteiger partial charge on any atom is -0.466 e. The third kappa shape index (κ3) is 4.88. The molecule has 0 aromatic heterocycles. The van der Waals surface area contributed by atoms with E-state index in [4.69, 9.17) is 4.74 Å². The van der Waals surface area contributed by atoms with E-state index in [9.17, 15) is 19.5 Å². The molecular formula is C23H38N2O5. The molecule has 0 radical (unpaired) electrons. The molecule has 6 atom stereocenters. The molecule has 30 heavy (non-hydrogen) atoms. The van der Waals surface area contributed by atoms with Gasteiger partial charge in [0.25, 0.3) is 0 Å². The number of nitrogens with one attached hydrogen (secondary N) is 1. The fraction of sp³-hybridized carbons (Fsp3) is 0.783. The fourth-order valence-corrected chi connectivity index (χ4v) is 4.87. The van der Waals surface area contributed by atoms with E-state index in [0.717, 1.165) is 12.8 Å². The largest absolute Gasteiger partial charge is 0.466 e. The van der Waals surface area contributed by atoms with Crippen LogP contribution in [0.1, 0.15) is 60.8 Å². The highest BCUT2D eigenvalue weighted by atomic mass is 16.5. The predicted octanol–water partition coefficient (Wildman–Crippen LogP) is 2.28. The molecule has 1 fully saturated rings. The first kappa shape index (κ1) is 24.4. The fourth-order valence-electron chi connectivity index (χ4n) is 4.87. The highest BCUT2D eigenvalue weighted by Crippen LogP contribution is 2.46. The van der Waals surface area contributed by atoms with Crippen molar-refractivity contribution in [3.05, 3.63) is 12.2 Å². The van der Waals surface area contributed by atoms with Crippen LogP contribution in [0.15, 0.2) is 12.2 Å². The number of carbonyl (C=O) groups excluding carboxylic acids is 3. The Hall–Kier alpha value is -1.89. The summed E-state index contributed by atoms with van der Waals surface area (Å²) >= 11 is 0. The summed E-state index contributed by atoms with van der Waals surface area (Å²) < 4.78 is 5.35. The van der Waals surface area contributed by atoms with E-state index in [-0.39, 0.29) is 36.9 Å². The minimum atomic E-state index is -0.755. The number of likely N-dealkylation sites (tertiary alicyclic amines) is 1. The molecule has 0 bridgehead atoms. The molecule has 2 aliphatic rings. The van der Waals surface area contributed by atoms with Gasteiger partial charge in [-0.3, -0.25) is 14.4 Å². The molecular weight excluding hydrogens is 384 g/mol. The number of fused-ring (bicyclic) bond motifs is 1. The van der Waals surface area contributed by atoms with E-state index in [1.807, 2.05) is 46.8 Å². The van der Waals surface area contributed by atoms with Crippen LogP contribution in [0.3, 0.4) is 0 Å². The molecule has 0 saturated carbocycles. The quantitative estimate of drug-likeness (QED) is 0.462. The van der Waals surface area contributed by atoms with Gasteiger partial charge in [-0.05, 0) is 46.5 Å². The van der Waals surface area contributed by atoms with Crippen molar-refractivity contribution in [2.24, 2.45) is 23.7 Å². The molecule has 0 unspecified atom stereocenters. The summed E-state index contributed by atoms with van der Waals surface area (Å²) in [7, 11) is 0. The number of rotatable bonds is 8. The van der Waals surface area contributed by atoms with Crippen molar-refractivity contribution in [1.82, 2.24) is 10.2 Å². The van der Waals surface area contributed by atoms with Gasteiger partial charge in [-0.15, -0.1) is 0 Å². The first-order valence-electron chi connectivity index (χ1n) is 11.2. The normalized spacial score (nSPS) is 29.5. The summed E-state index contributed by atoms with van der Waals surface area (Å²) in [6.45, 7) is 11.4. The minimum absolute atomic E-state index is 0.0975. The molecule has 2 rings (SSSR count). The van der Waals surface area contributed by atoms with Crippen LogP contribution in [0.4, 0.5) is 0 Å². The Balaban J connectivity index is 2.53. The Bertz CT molecular complexity index is 665. The zero-order valence-corrected chi connectivity index (χ0v) is 19.2. The molecule has 170 valence electrons. The molecule has 1 saturated heterocycles.